The molecule has 2 rings (SSSR count). The van der Waals surface area contributed by atoms with E-state index in [1.54, 1.807) is 4.90 Å². The largest absolute Gasteiger partial charge is 0.503 e. The summed E-state index contributed by atoms with van der Waals surface area (Å²) < 4.78 is 5.46. The number of aliphatic hydroxyl groups excluding tert-OH is 1. The molecular formula is C20H27NO4. The number of ether oxygens (including phenoxy) is 1. The summed E-state index contributed by atoms with van der Waals surface area (Å²) in [5.41, 5.74) is 1.03. The third kappa shape index (κ3) is 4.03. The average molecular weight is 345 g/mol. The van der Waals surface area contributed by atoms with E-state index in [2.05, 4.69) is 0 Å². The van der Waals surface area contributed by atoms with E-state index in [0.717, 1.165) is 17.7 Å². The molecule has 5 heteroatoms. The highest BCUT2D eigenvalue weighted by atomic mass is 16.5. The Kier molecular flexibility index (Phi) is 6.23. The molecule has 1 amide bonds. The molecule has 136 valence electrons. The van der Waals surface area contributed by atoms with Gasteiger partial charge in [-0.1, -0.05) is 32.9 Å². The van der Waals surface area contributed by atoms with Gasteiger partial charge in [-0.25, -0.2) is 0 Å². The van der Waals surface area contributed by atoms with Gasteiger partial charge in [-0.05, 0) is 37.0 Å². The highest BCUT2D eigenvalue weighted by molar-refractivity contribution is 6.09. The second kappa shape index (κ2) is 8.19. The minimum absolute atomic E-state index is 0.157. The van der Waals surface area contributed by atoms with Gasteiger partial charge in [0.25, 0.3) is 5.91 Å². The van der Waals surface area contributed by atoms with E-state index in [0.29, 0.717) is 19.6 Å². The quantitative estimate of drug-likeness (QED) is 0.778. The van der Waals surface area contributed by atoms with Gasteiger partial charge in [-0.3, -0.25) is 9.59 Å². The lowest BCUT2D eigenvalue weighted by Gasteiger charge is -2.26. The summed E-state index contributed by atoms with van der Waals surface area (Å²) in [5, 5.41) is 10.4. The first-order valence-corrected chi connectivity index (χ1v) is 8.90. The monoisotopic (exact) mass is 345 g/mol. The van der Waals surface area contributed by atoms with Crippen LogP contribution in [0.5, 0.6) is 5.75 Å². The average Bonchev–Trinajstić information content (AvgIpc) is 2.81. The van der Waals surface area contributed by atoms with Gasteiger partial charge < -0.3 is 14.7 Å². The van der Waals surface area contributed by atoms with Crippen LogP contribution in [0.2, 0.25) is 0 Å². The van der Waals surface area contributed by atoms with Crippen molar-refractivity contribution in [1.29, 1.82) is 0 Å². The zero-order valence-corrected chi connectivity index (χ0v) is 15.4. The lowest BCUT2D eigenvalue weighted by atomic mass is 9.92. The maximum atomic E-state index is 12.7. The number of amides is 1. The van der Waals surface area contributed by atoms with Crippen molar-refractivity contribution in [2.75, 3.05) is 13.2 Å². The molecule has 0 saturated carbocycles. The van der Waals surface area contributed by atoms with Gasteiger partial charge in [0.2, 0.25) is 0 Å². The number of benzene rings is 1. The minimum atomic E-state index is -0.533. The van der Waals surface area contributed by atoms with Crippen molar-refractivity contribution >= 4 is 11.7 Å². The molecule has 0 saturated heterocycles. The predicted octanol–water partition coefficient (Wildman–Crippen LogP) is 3.81. The van der Waals surface area contributed by atoms with E-state index in [4.69, 9.17) is 4.74 Å². The normalized spacial score (nSPS) is 17.6. The maximum absolute atomic E-state index is 12.7. The number of carbonyl (C=O) groups is 2. The molecule has 1 unspecified atom stereocenters. The summed E-state index contributed by atoms with van der Waals surface area (Å²) >= 11 is 0. The number of nitrogens with zero attached hydrogens (tertiary/aromatic N) is 1. The molecule has 1 heterocycles. The molecule has 0 aromatic heterocycles. The third-order valence-corrected chi connectivity index (χ3v) is 4.17. The van der Waals surface area contributed by atoms with Gasteiger partial charge >= 0.3 is 0 Å². The molecule has 1 N–H and O–H groups in total. The van der Waals surface area contributed by atoms with Gasteiger partial charge in [-0.2, -0.15) is 0 Å². The molecule has 1 aliphatic rings. The molecule has 1 atom stereocenters. The van der Waals surface area contributed by atoms with Gasteiger partial charge in [0.05, 0.1) is 18.2 Å². The first kappa shape index (κ1) is 19.0. The van der Waals surface area contributed by atoms with E-state index in [1.165, 1.54) is 0 Å². The Bertz CT molecular complexity index is 661. The molecule has 5 nitrogen and oxygen atoms in total. The van der Waals surface area contributed by atoms with Crippen LogP contribution >= 0.6 is 0 Å². The zero-order chi connectivity index (χ0) is 18.6. The Morgan fingerprint density at radius 2 is 1.88 bits per heavy atom. The van der Waals surface area contributed by atoms with Crippen LogP contribution in [0, 0.1) is 5.92 Å². The molecule has 1 aliphatic heterocycles. The maximum Gasteiger partial charge on any atom is 0.290 e. The lowest BCUT2D eigenvalue weighted by molar-refractivity contribution is -0.129. The van der Waals surface area contributed by atoms with Crippen LogP contribution in [0.15, 0.2) is 35.6 Å². The van der Waals surface area contributed by atoms with Crippen molar-refractivity contribution in [2.45, 2.75) is 46.6 Å². The lowest BCUT2D eigenvalue weighted by Crippen LogP contribution is -2.31. The van der Waals surface area contributed by atoms with E-state index in [-0.39, 0.29) is 17.3 Å². The number of carbonyl (C=O) groups excluding carboxylic acids is 2. The second-order valence-corrected chi connectivity index (χ2v) is 6.69. The van der Waals surface area contributed by atoms with E-state index < -0.39 is 17.7 Å². The van der Waals surface area contributed by atoms with Crippen molar-refractivity contribution in [3.63, 3.8) is 0 Å². The number of Topliss-reactive ketones (excluding diaryl/α,β-unsaturated/α-hetero) is 1. The molecule has 0 fully saturated rings. The van der Waals surface area contributed by atoms with E-state index in [1.807, 2.05) is 52.0 Å². The van der Waals surface area contributed by atoms with Gasteiger partial charge in [0, 0.05) is 13.0 Å². The van der Waals surface area contributed by atoms with Crippen molar-refractivity contribution in [3.8, 4) is 5.75 Å². The highest BCUT2D eigenvalue weighted by Gasteiger charge is 2.42. The van der Waals surface area contributed by atoms with Crippen LogP contribution in [0.3, 0.4) is 0 Å². The van der Waals surface area contributed by atoms with Gasteiger partial charge in [0.1, 0.15) is 5.75 Å². The Morgan fingerprint density at radius 1 is 1.24 bits per heavy atom. The standard InChI is InChI=1S/C20H27NO4/c1-5-11-21-18(14-7-9-15(10-8-14)25-6-2)17(19(23)20(21)24)16(22)12-13(3)4/h7-10,13,18,23H,5-6,11-12H2,1-4H3. The number of hydrogen-bond acceptors (Lipinski definition) is 4. The van der Waals surface area contributed by atoms with E-state index in [9.17, 15) is 14.7 Å². The molecule has 0 bridgehead atoms. The topological polar surface area (TPSA) is 66.8 Å². The van der Waals surface area contributed by atoms with Crippen LogP contribution in [0.4, 0.5) is 0 Å². The summed E-state index contributed by atoms with van der Waals surface area (Å²) in [6, 6.07) is 6.83. The minimum Gasteiger partial charge on any atom is -0.503 e. The zero-order valence-electron chi connectivity index (χ0n) is 15.4. The predicted molar refractivity (Wildman–Crippen MR) is 96.5 cm³/mol. The Hall–Kier alpha value is -2.30. The van der Waals surface area contributed by atoms with Gasteiger partial charge in [-0.15, -0.1) is 0 Å². The second-order valence-electron chi connectivity index (χ2n) is 6.69. The Labute approximate surface area is 149 Å². The van der Waals surface area contributed by atoms with Crippen molar-refractivity contribution in [3.05, 3.63) is 41.2 Å². The number of ketones is 1. The molecule has 1 aromatic carbocycles. The van der Waals surface area contributed by atoms with Crippen molar-refractivity contribution in [1.82, 2.24) is 4.90 Å². The molecule has 0 radical (unpaired) electrons. The SMILES string of the molecule is CCCN1C(=O)C(O)=C(C(=O)CC(C)C)C1c1ccc(OCC)cc1. The summed E-state index contributed by atoms with van der Waals surface area (Å²) in [6.45, 7) is 8.83. The first-order chi connectivity index (χ1) is 11.9. The number of aliphatic hydroxyl groups is 1. The molecular weight excluding hydrogens is 318 g/mol. The molecule has 1 aromatic rings. The number of hydrogen-bond donors (Lipinski definition) is 1. The van der Waals surface area contributed by atoms with Crippen molar-refractivity contribution in [2.24, 2.45) is 5.92 Å². The van der Waals surface area contributed by atoms with Gasteiger partial charge in [0.15, 0.2) is 11.5 Å². The Balaban J connectivity index is 2.43. The molecule has 0 aliphatic carbocycles. The molecule has 0 spiro atoms. The third-order valence-electron chi connectivity index (χ3n) is 4.17. The van der Waals surface area contributed by atoms with Crippen LogP contribution in [-0.4, -0.2) is 34.8 Å². The van der Waals surface area contributed by atoms with Crippen LogP contribution in [-0.2, 0) is 9.59 Å². The van der Waals surface area contributed by atoms with Crippen molar-refractivity contribution < 1.29 is 19.4 Å². The molecule has 25 heavy (non-hydrogen) atoms. The van der Waals surface area contributed by atoms with Crippen LogP contribution < -0.4 is 4.74 Å². The fraction of sp³-hybridized carbons (Fsp3) is 0.500. The van der Waals surface area contributed by atoms with Crippen LogP contribution in [0.1, 0.15) is 52.1 Å². The fourth-order valence-corrected chi connectivity index (χ4v) is 3.15. The van der Waals surface area contributed by atoms with E-state index >= 15 is 0 Å². The number of rotatable bonds is 8. The first-order valence-electron chi connectivity index (χ1n) is 8.90. The summed E-state index contributed by atoms with van der Waals surface area (Å²) in [6.07, 6.45) is 1.05. The summed E-state index contributed by atoms with van der Waals surface area (Å²) in [5.74, 6) is -0.144. The van der Waals surface area contributed by atoms with Crippen LogP contribution in [0.25, 0.3) is 0 Å². The Morgan fingerprint density at radius 3 is 2.40 bits per heavy atom. The summed E-state index contributed by atoms with van der Waals surface area (Å²) in [7, 11) is 0. The highest BCUT2D eigenvalue weighted by Crippen LogP contribution is 2.39. The smallest absolute Gasteiger partial charge is 0.290 e. The summed E-state index contributed by atoms with van der Waals surface area (Å²) in [4.78, 5) is 26.8. The fourth-order valence-electron chi connectivity index (χ4n) is 3.15.